The fraction of sp³-hybridized carbons (Fsp3) is 0.231. The molecule has 0 saturated carbocycles. The van der Waals surface area contributed by atoms with Gasteiger partial charge in [0.25, 0.3) is 5.78 Å². The first-order valence-corrected chi connectivity index (χ1v) is 5.62. The van der Waals surface area contributed by atoms with Crippen LogP contribution >= 0.6 is 0 Å². The van der Waals surface area contributed by atoms with E-state index >= 15 is 0 Å². The van der Waals surface area contributed by atoms with E-state index in [1.165, 1.54) is 19.2 Å². The normalized spacial score (nSPS) is 10.2. The van der Waals surface area contributed by atoms with Gasteiger partial charge in [0.2, 0.25) is 0 Å². The van der Waals surface area contributed by atoms with Crippen molar-refractivity contribution in [3.63, 3.8) is 0 Å². The van der Waals surface area contributed by atoms with Crippen molar-refractivity contribution >= 4 is 11.8 Å². The van der Waals surface area contributed by atoms with Gasteiger partial charge in [0.1, 0.15) is 25.2 Å². The SMILES string of the molecule is COc1ccc(C(=O)C(=O)OCCOO/C=C/O)cc1. The molecule has 0 aliphatic carbocycles. The minimum Gasteiger partial charge on any atom is -0.512 e. The van der Waals surface area contributed by atoms with Gasteiger partial charge in [-0.05, 0) is 24.3 Å². The molecule has 0 unspecified atom stereocenters. The molecule has 0 aromatic heterocycles. The van der Waals surface area contributed by atoms with Crippen molar-refractivity contribution in [2.24, 2.45) is 0 Å². The van der Waals surface area contributed by atoms with E-state index in [4.69, 9.17) is 9.84 Å². The number of carbonyl (C=O) groups excluding carboxylic acids is 2. The van der Waals surface area contributed by atoms with Gasteiger partial charge in [-0.1, -0.05) is 0 Å². The third kappa shape index (κ3) is 4.99. The highest BCUT2D eigenvalue weighted by Crippen LogP contribution is 2.12. The second-order valence-electron chi connectivity index (χ2n) is 3.40. The van der Waals surface area contributed by atoms with Crippen LogP contribution in [0.25, 0.3) is 0 Å². The molecule has 0 amide bonds. The maximum absolute atomic E-state index is 11.7. The molecule has 0 atom stereocenters. The Balaban J connectivity index is 2.36. The van der Waals surface area contributed by atoms with Gasteiger partial charge in [-0.3, -0.25) is 4.79 Å². The Morgan fingerprint density at radius 1 is 1.20 bits per heavy atom. The summed E-state index contributed by atoms with van der Waals surface area (Å²) in [6.45, 7) is -0.230. The highest BCUT2D eigenvalue weighted by molar-refractivity contribution is 6.40. The number of hydrogen-bond donors (Lipinski definition) is 1. The van der Waals surface area contributed by atoms with Crippen LogP contribution in [-0.2, 0) is 19.3 Å². The molecule has 0 fully saturated rings. The summed E-state index contributed by atoms with van der Waals surface area (Å²) in [5.41, 5.74) is 0.205. The molecule has 0 heterocycles. The number of esters is 1. The van der Waals surface area contributed by atoms with E-state index in [0.29, 0.717) is 12.0 Å². The van der Waals surface area contributed by atoms with Crippen LogP contribution in [0.3, 0.4) is 0 Å². The number of Topliss-reactive ketones (excluding diaryl/α,β-unsaturated/α-hetero) is 1. The maximum Gasteiger partial charge on any atom is 0.379 e. The number of ketones is 1. The monoisotopic (exact) mass is 282 g/mol. The lowest BCUT2D eigenvalue weighted by Gasteiger charge is -2.04. The number of methoxy groups -OCH3 is 1. The first-order chi connectivity index (χ1) is 9.69. The van der Waals surface area contributed by atoms with Crippen LogP contribution in [0.15, 0.2) is 36.8 Å². The van der Waals surface area contributed by atoms with E-state index < -0.39 is 11.8 Å². The van der Waals surface area contributed by atoms with E-state index in [1.54, 1.807) is 12.1 Å². The van der Waals surface area contributed by atoms with Crippen molar-refractivity contribution in [1.82, 2.24) is 0 Å². The van der Waals surface area contributed by atoms with Crippen LogP contribution < -0.4 is 4.74 Å². The van der Waals surface area contributed by atoms with Crippen LogP contribution in [0.2, 0.25) is 0 Å². The van der Waals surface area contributed by atoms with Gasteiger partial charge in [-0.15, -0.1) is 0 Å². The maximum atomic E-state index is 11.7. The largest absolute Gasteiger partial charge is 0.512 e. The van der Waals surface area contributed by atoms with Crippen molar-refractivity contribution in [3.8, 4) is 5.75 Å². The quantitative estimate of drug-likeness (QED) is 0.146. The molecule has 1 N–H and O–H groups in total. The molecule has 0 aliphatic rings. The standard InChI is InChI=1S/C13H14O7/c1-17-11-4-2-10(3-5-11)12(15)13(16)18-8-9-20-19-7-6-14/h2-7,14H,8-9H2,1H3/b7-6+. The van der Waals surface area contributed by atoms with E-state index in [2.05, 4.69) is 14.5 Å². The zero-order valence-corrected chi connectivity index (χ0v) is 10.8. The molecule has 20 heavy (non-hydrogen) atoms. The van der Waals surface area contributed by atoms with Crippen LogP contribution in [-0.4, -0.2) is 37.2 Å². The highest BCUT2D eigenvalue weighted by Gasteiger charge is 2.17. The molecule has 7 heteroatoms. The van der Waals surface area contributed by atoms with Crippen molar-refractivity contribution in [3.05, 3.63) is 42.4 Å². The van der Waals surface area contributed by atoms with Crippen molar-refractivity contribution in [1.29, 1.82) is 0 Å². The zero-order valence-electron chi connectivity index (χ0n) is 10.8. The van der Waals surface area contributed by atoms with E-state index in [0.717, 1.165) is 6.26 Å². The summed E-state index contributed by atoms with van der Waals surface area (Å²) in [5.74, 6) is -1.17. The summed E-state index contributed by atoms with van der Waals surface area (Å²) >= 11 is 0. The molecule has 0 saturated heterocycles. The number of benzene rings is 1. The zero-order chi connectivity index (χ0) is 14.8. The van der Waals surface area contributed by atoms with Crippen molar-refractivity contribution in [2.45, 2.75) is 0 Å². The Hall–Kier alpha value is -2.54. The summed E-state index contributed by atoms with van der Waals surface area (Å²) in [6.07, 6.45) is 1.53. The van der Waals surface area contributed by atoms with Crippen LogP contribution in [0.1, 0.15) is 10.4 Å². The van der Waals surface area contributed by atoms with Gasteiger partial charge in [0, 0.05) is 5.56 Å². The Bertz CT molecular complexity index is 464. The van der Waals surface area contributed by atoms with Crippen LogP contribution in [0, 0.1) is 0 Å². The molecule has 7 nitrogen and oxygen atoms in total. The second-order valence-corrected chi connectivity index (χ2v) is 3.40. The molecule has 1 rings (SSSR count). The van der Waals surface area contributed by atoms with E-state index in [1.807, 2.05) is 0 Å². The predicted octanol–water partition coefficient (Wildman–Crippen LogP) is 1.40. The highest BCUT2D eigenvalue weighted by atomic mass is 17.2. The molecule has 0 radical (unpaired) electrons. The fourth-order valence-corrected chi connectivity index (χ4v) is 1.21. The molecule has 1 aromatic rings. The summed E-state index contributed by atoms with van der Waals surface area (Å²) < 4.78 is 9.62. The number of aliphatic hydroxyl groups is 1. The first kappa shape index (κ1) is 15.5. The third-order valence-corrected chi connectivity index (χ3v) is 2.12. The summed E-state index contributed by atoms with van der Waals surface area (Å²) in [6, 6.07) is 6.07. The van der Waals surface area contributed by atoms with Gasteiger partial charge in [-0.25, -0.2) is 4.79 Å². The predicted molar refractivity (Wildman–Crippen MR) is 67.1 cm³/mol. The summed E-state index contributed by atoms with van der Waals surface area (Å²) in [4.78, 5) is 31.9. The Morgan fingerprint density at radius 3 is 2.50 bits per heavy atom. The van der Waals surface area contributed by atoms with Crippen molar-refractivity contribution < 1.29 is 33.9 Å². The molecule has 1 aromatic carbocycles. The lowest BCUT2D eigenvalue weighted by atomic mass is 10.1. The number of rotatable bonds is 8. The molecule has 108 valence electrons. The number of carbonyl (C=O) groups is 2. The topological polar surface area (TPSA) is 91.3 Å². The molecule has 0 aliphatic heterocycles. The fourth-order valence-electron chi connectivity index (χ4n) is 1.21. The smallest absolute Gasteiger partial charge is 0.379 e. The number of ether oxygens (including phenoxy) is 2. The summed E-state index contributed by atoms with van der Waals surface area (Å²) in [7, 11) is 1.50. The average Bonchev–Trinajstić information content (AvgIpc) is 2.50. The Labute approximate surface area is 115 Å². The van der Waals surface area contributed by atoms with E-state index in [9.17, 15) is 9.59 Å². The summed E-state index contributed by atoms with van der Waals surface area (Å²) in [5, 5.41) is 8.22. The molecule has 0 spiro atoms. The van der Waals surface area contributed by atoms with Gasteiger partial charge in [0.15, 0.2) is 6.26 Å². The second kappa shape index (κ2) is 8.54. The van der Waals surface area contributed by atoms with Gasteiger partial charge in [-0.2, -0.15) is 4.89 Å². The Morgan fingerprint density at radius 2 is 1.90 bits per heavy atom. The van der Waals surface area contributed by atoms with Gasteiger partial charge >= 0.3 is 5.97 Å². The van der Waals surface area contributed by atoms with Crippen LogP contribution in [0.5, 0.6) is 5.75 Å². The lowest BCUT2D eigenvalue weighted by Crippen LogP contribution is -2.19. The minimum absolute atomic E-state index is 0.0774. The van der Waals surface area contributed by atoms with E-state index in [-0.39, 0.29) is 18.8 Å². The molecule has 0 bridgehead atoms. The number of hydrogen-bond acceptors (Lipinski definition) is 7. The van der Waals surface area contributed by atoms with Gasteiger partial charge < -0.3 is 19.5 Å². The lowest BCUT2D eigenvalue weighted by molar-refractivity contribution is -0.254. The first-order valence-electron chi connectivity index (χ1n) is 5.62. The molecular formula is C13H14O7. The number of aliphatic hydroxyl groups excluding tert-OH is 1. The third-order valence-electron chi connectivity index (χ3n) is 2.12. The Kier molecular flexibility index (Phi) is 6.63. The van der Waals surface area contributed by atoms with Gasteiger partial charge in [0.05, 0.1) is 7.11 Å². The van der Waals surface area contributed by atoms with Crippen molar-refractivity contribution in [2.75, 3.05) is 20.3 Å². The average molecular weight is 282 g/mol. The minimum atomic E-state index is -0.989. The molecular weight excluding hydrogens is 268 g/mol. The van der Waals surface area contributed by atoms with Crippen LogP contribution in [0.4, 0.5) is 0 Å².